The van der Waals surface area contributed by atoms with Gasteiger partial charge in [0.05, 0.1) is 41.5 Å². The second-order valence-electron chi connectivity index (χ2n) is 18.7. The lowest BCUT2D eigenvalue weighted by atomic mass is 9.72. The quantitative estimate of drug-likeness (QED) is 0.118. The number of nitrogens with zero attached hydrogens (tertiary/aromatic N) is 4. The van der Waals surface area contributed by atoms with E-state index in [1.54, 1.807) is 30.6 Å². The molecule has 4 heterocycles. The molecular formula is C50H58Cl2N6O6S. The van der Waals surface area contributed by atoms with E-state index in [1.165, 1.54) is 28.8 Å². The van der Waals surface area contributed by atoms with Gasteiger partial charge in [0.25, 0.3) is 15.9 Å². The van der Waals surface area contributed by atoms with Gasteiger partial charge in [-0.3, -0.25) is 14.6 Å². The molecule has 0 radical (unpaired) electrons. The minimum absolute atomic E-state index is 0.0569. The van der Waals surface area contributed by atoms with Crippen molar-refractivity contribution in [1.82, 2.24) is 24.5 Å². The number of fused-ring (bicyclic) bond motifs is 1. The number of carbonyl (C=O) groups is 1. The molecule has 0 spiro atoms. The van der Waals surface area contributed by atoms with Gasteiger partial charge in [0.15, 0.2) is 0 Å². The number of benzene rings is 3. The van der Waals surface area contributed by atoms with E-state index < -0.39 is 15.9 Å². The van der Waals surface area contributed by atoms with Crippen molar-refractivity contribution in [2.24, 2.45) is 11.3 Å². The molecule has 12 nitrogen and oxygen atoms in total. The van der Waals surface area contributed by atoms with Crippen molar-refractivity contribution in [2.75, 3.05) is 70.5 Å². The van der Waals surface area contributed by atoms with Crippen molar-refractivity contribution < 1.29 is 27.4 Å². The Balaban J connectivity index is 0.869. The molecule has 3 fully saturated rings. The normalized spacial score (nSPS) is 21.1. The van der Waals surface area contributed by atoms with Crippen LogP contribution in [0, 0.1) is 11.3 Å². The average molecular weight is 942 g/mol. The number of rotatable bonds is 13. The number of allylic oxidation sites excluding steroid dienone is 1. The Hall–Kier alpha value is -4.63. The summed E-state index contributed by atoms with van der Waals surface area (Å²) in [4.78, 5) is 28.7. The maximum absolute atomic E-state index is 14.0. The fourth-order valence-electron chi connectivity index (χ4n) is 9.81. The maximum Gasteiger partial charge on any atom is 0.268 e. The van der Waals surface area contributed by atoms with Crippen LogP contribution in [0.15, 0.2) is 95.7 Å². The molecule has 2 N–H and O–H groups in total. The summed E-state index contributed by atoms with van der Waals surface area (Å²) in [5.41, 5.74) is 6.04. The van der Waals surface area contributed by atoms with E-state index in [4.69, 9.17) is 37.4 Å². The molecule has 2 aliphatic heterocycles. The molecule has 2 saturated heterocycles. The number of nitrogens with one attached hydrogen (secondary N) is 2. The first-order chi connectivity index (χ1) is 31.4. The molecule has 1 amide bonds. The van der Waals surface area contributed by atoms with Gasteiger partial charge in [0, 0.05) is 80.2 Å². The Morgan fingerprint density at radius 3 is 2.43 bits per heavy atom. The minimum Gasteiger partial charge on any atom is -0.492 e. The number of hydrogen-bond donors (Lipinski definition) is 2. The summed E-state index contributed by atoms with van der Waals surface area (Å²) in [7, 11) is -4.34. The number of H-pyrrole nitrogens is 1. The predicted octanol–water partition coefficient (Wildman–Crippen LogP) is 9.84. The molecule has 344 valence electrons. The van der Waals surface area contributed by atoms with Crippen LogP contribution in [0.4, 0.5) is 5.69 Å². The first kappa shape index (κ1) is 45.5. The zero-order chi connectivity index (χ0) is 45.1. The van der Waals surface area contributed by atoms with Crippen LogP contribution >= 0.6 is 23.2 Å². The topological polar surface area (TPSA) is 129 Å². The molecule has 65 heavy (non-hydrogen) atoms. The standard InChI is InChI=1S/C50H58Cl2N6O6S/c1-50(2)17-15-37(44(30-50)35-5-7-38(51)8-6-35)32-56-19-21-57(22-20-56)40-11-13-43(47(28-40)64-41-27-36-16-18-53-48(36)54-31-41)49(59)55-65(60,61)42-12-14-46(45(52)29-42)63-33-34-3-9-39(10-4-34)58-23-25-62-26-24-58/h5-8,11-14,16,18,27-29,31,34,39H,3-4,9-10,15,17,19-26,30,32-33H2,1-2H3,(H,53,54)(H,55,59). The number of halogens is 2. The Morgan fingerprint density at radius 2 is 1.68 bits per heavy atom. The van der Waals surface area contributed by atoms with Crippen LogP contribution < -0.4 is 19.1 Å². The van der Waals surface area contributed by atoms with Crippen molar-refractivity contribution in [2.45, 2.75) is 69.7 Å². The fourth-order valence-corrected chi connectivity index (χ4v) is 11.2. The van der Waals surface area contributed by atoms with E-state index in [0.29, 0.717) is 35.7 Å². The number of anilines is 1. The highest BCUT2D eigenvalue weighted by Crippen LogP contribution is 2.44. The molecule has 0 bridgehead atoms. The first-order valence-corrected chi connectivity index (χ1v) is 25.1. The molecular weight excluding hydrogens is 884 g/mol. The lowest BCUT2D eigenvalue weighted by molar-refractivity contribution is 0.00304. The average Bonchev–Trinajstić information content (AvgIpc) is 3.78. The van der Waals surface area contributed by atoms with Crippen molar-refractivity contribution >= 4 is 61.4 Å². The molecule has 15 heteroatoms. The highest BCUT2D eigenvalue weighted by Gasteiger charge is 2.31. The molecule has 2 aliphatic carbocycles. The number of piperazine rings is 1. The minimum atomic E-state index is -4.34. The number of hydrogen-bond acceptors (Lipinski definition) is 10. The van der Waals surface area contributed by atoms with Crippen molar-refractivity contribution in [1.29, 1.82) is 0 Å². The number of morpholine rings is 1. The Kier molecular flexibility index (Phi) is 13.8. The number of aromatic amines is 1. The third kappa shape index (κ3) is 11.0. The number of pyridine rings is 1. The SMILES string of the molecule is CC1(C)CCC(CN2CCN(c3ccc(C(=O)NS(=O)(=O)c4ccc(OCC5CCC(N6CCOCC6)CC5)c(Cl)c4)c(Oc4cnc5[nH]ccc5c4)c3)CC2)=C(c2ccc(Cl)cc2)C1. The van der Waals surface area contributed by atoms with Gasteiger partial charge in [-0.2, -0.15) is 0 Å². The van der Waals surface area contributed by atoms with Crippen LogP contribution in [0.5, 0.6) is 17.2 Å². The number of carbonyl (C=O) groups excluding carboxylic acids is 1. The molecule has 5 aromatic rings. The molecule has 0 unspecified atom stereocenters. The molecule has 0 atom stereocenters. The van der Waals surface area contributed by atoms with Gasteiger partial charge in [-0.05, 0) is 122 Å². The summed E-state index contributed by atoms with van der Waals surface area (Å²) in [6, 6.07) is 22.1. The number of aromatic nitrogens is 2. The van der Waals surface area contributed by atoms with Crippen molar-refractivity contribution in [3.63, 3.8) is 0 Å². The van der Waals surface area contributed by atoms with Crippen LogP contribution in [0.1, 0.15) is 74.7 Å². The van der Waals surface area contributed by atoms with Crippen LogP contribution in [0.3, 0.4) is 0 Å². The summed E-state index contributed by atoms with van der Waals surface area (Å²) in [5.74, 6) is 0.578. The molecule has 2 aromatic heterocycles. The van der Waals surface area contributed by atoms with E-state index >= 15 is 0 Å². The Bertz CT molecular complexity index is 2630. The summed E-state index contributed by atoms with van der Waals surface area (Å²) in [6.45, 7) is 12.9. The summed E-state index contributed by atoms with van der Waals surface area (Å²) in [5, 5.41) is 1.73. The molecule has 4 aliphatic rings. The highest BCUT2D eigenvalue weighted by molar-refractivity contribution is 7.90. The van der Waals surface area contributed by atoms with Crippen molar-refractivity contribution in [3.8, 4) is 17.2 Å². The zero-order valence-corrected chi connectivity index (χ0v) is 39.5. The molecule has 1 saturated carbocycles. The largest absolute Gasteiger partial charge is 0.492 e. The second-order valence-corrected chi connectivity index (χ2v) is 21.2. The van der Waals surface area contributed by atoms with Crippen molar-refractivity contribution in [3.05, 3.63) is 112 Å². The summed E-state index contributed by atoms with van der Waals surface area (Å²) < 4.78 is 47.8. The lowest BCUT2D eigenvalue weighted by Gasteiger charge is -2.39. The number of ether oxygens (including phenoxy) is 3. The third-order valence-electron chi connectivity index (χ3n) is 13.6. The van der Waals surface area contributed by atoms with Gasteiger partial charge in [-0.15, -0.1) is 0 Å². The Morgan fingerprint density at radius 1 is 0.908 bits per heavy atom. The van der Waals surface area contributed by atoms with Crippen LogP contribution in [0.25, 0.3) is 16.6 Å². The first-order valence-electron chi connectivity index (χ1n) is 22.9. The van der Waals surface area contributed by atoms with Gasteiger partial charge >= 0.3 is 0 Å². The van der Waals surface area contributed by atoms with E-state index in [1.807, 2.05) is 30.3 Å². The van der Waals surface area contributed by atoms with Gasteiger partial charge in [0.1, 0.15) is 22.9 Å². The Labute approximate surface area is 392 Å². The fraction of sp³-hybridized carbons (Fsp3) is 0.440. The van der Waals surface area contributed by atoms with E-state index in [-0.39, 0.29) is 26.6 Å². The second kappa shape index (κ2) is 19.7. The van der Waals surface area contributed by atoms with Gasteiger partial charge in [-0.25, -0.2) is 18.1 Å². The lowest BCUT2D eigenvalue weighted by Crippen LogP contribution is -2.47. The predicted molar refractivity (Wildman–Crippen MR) is 257 cm³/mol. The van der Waals surface area contributed by atoms with Gasteiger partial charge < -0.3 is 24.1 Å². The monoisotopic (exact) mass is 940 g/mol. The van der Waals surface area contributed by atoms with Crippen LogP contribution in [-0.4, -0.2) is 106 Å². The molecule has 9 rings (SSSR count). The smallest absolute Gasteiger partial charge is 0.268 e. The molecule has 3 aromatic carbocycles. The van der Waals surface area contributed by atoms with E-state index in [0.717, 1.165) is 120 Å². The number of amides is 1. The zero-order valence-electron chi connectivity index (χ0n) is 37.2. The maximum atomic E-state index is 14.0. The number of sulfonamides is 1. The van der Waals surface area contributed by atoms with Gasteiger partial charge in [0.2, 0.25) is 0 Å². The third-order valence-corrected chi connectivity index (χ3v) is 15.5. The summed E-state index contributed by atoms with van der Waals surface area (Å²) in [6.07, 6.45) is 11.0. The van der Waals surface area contributed by atoms with Gasteiger partial charge in [-0.1, -0.05) is 54.8 Å². The highest BCUT2D eigenvalue weighted by atomic mass is 35.5. The summed E-state index contributed by atoms with van der Waals surface area (Å²) >= 11 is 12.9. The van der Waals surface area contributed by atoms with E-state index in [2.05, 4.69) is 55.4 Å². The van der Waals surface area contributed by atoms with Crippen LogP contribution in [-0.2, 0) is 14.8 Å². The van der Waals surface area contributed by atoms with Crippen LogP contribution in [0.2, 0.25) is 10.0 Å². The van der Waals surface area contributed by atoms with E-state index in [9.17, 15) is 13.2 Å².